The van der Waals surface area contributed by atoms with Crippen LogP contribution < -0.4 is 0 Å². The molecule has 0 amide bonds. The van der Waals surface area contributed by atoms with Gasteiger partial charge >= 0.3 is 0 Å². The van der Waals surface area contributed by atoms with Gasteiger partial charge in [0.15, 0.2) is 16.9 Å². The molecule has 0 saturated carbocycles. The molecule has 0 aliphatic heterocycles. The molecule has 196 valence electrons. The van der Waals surface area contributed by atoms with E-state index < -0.39 is 0 Å². The summed E-state index contributed by atoms with van der Waals surface area (Å²) >= 11 is 0. The predicted octanol–water partition coefficient (Wildman–Crippen LogP) is 6.61. The van der Waals surface area contributed by atoms with Crippen LogP contribution in [0.15, 0.2) is 72.8 Å². The highest BCUT2D eigenvalue weighted by Gasteiger charge is 2.27. The first-order chi connectivity index (χ1) is 19.9. The van der Waals surface area contributed by atoms with Gasteiger partial charge in [0, 0.05) is 16.7 Å². The lowest BCUT2D eigenvalue weighted by atomic mass is 10.0. The maximum Gasteiger partial charge on any atom is 0.169 e. The fourth-order valence-corrected chi connectivity index (χ4v) is 5.73. The Morgan fingerprint density at radius 2 is 0.756 bits per heavy atom. The van der Waals surface area contributed by atoms with Gasteiger partial charge in [0.25, 0.3) is 0 Å². The van der Waals surface area contributed by atoms with Crippen LogP contribution in [0.2, 0.25) is 0 Å². The summed E-state index contributed by atoms with van der Waals surface area (Å²) in [6.07, 6.45) is 0. The van der Waals surface area contributed by atoms with E-state index in [1.54, 1.807) is 0 Å². The number of hydrogen-bond acceptors (Lipinski definition) is 5. The topological polar surface area (TPSA) is 99.5 Å². The highest BCUT2D eigenvalue weighted by Crippen LogP contribution is 2.38. The third-order valence-corrected chi connectivity index (χ3v) is 7.66. The Balaban J connectivity index is 1.68. The van der Waals surface area contributed by atoms with Crippen molar-refractivity contribution in [2.24, 2.45) is 0 Å². The molecule has 0 fully saturated rings. The third kappa shape index (κ3) is 3.55. The Kier molecular flexibility index (Phi) is 5.28. The van der Waals surface area contributed by atoms with Gasteiger partial charge in [0.05, 0.1) is 40.3 Å². The van der Waals surface area contributed by atoms with Crippen molar-refractivity contribution in [2.45, 2.75) is 27.7 Å². The van der Waals surface area contributed by atoms with Crippen molar-refractivity contribution < 1.29 is 0 Å². The summed E-state index contributed by atoms with van der Waals surface area (Å²) in [6, 6.07) is 28.0. The summed E-state index contributed by atoms with van der Waals surface area (Å²) in [4.78, 5) is 0. The van der Waals surface area contributed by atoms with Gasteiger partial charge in [-0.05, 0) is 68.7 Å². The molecule has 0 N–H and O–H groups in total. The molecule has 0 unspecified atom stereocenters. The summed E-state index contributed by atoms with van der Waals surface area (Å²) in [7, 11) is 0. The zero-order chi connectivity index (χ0) is 28.4. The van der Waals surface area contributed by atoms with Crippen molar-refractivity contribution >= 4 is 16.9 Å². The van der Waals surface area contributed by atoms with Crippen molar-refractivity contribution in [3.05, 3.63) is 107 Å². The first-order valence-electron chi connectivity index (χ1n) is 13.3. The van der Waals surface area contributed by atoms with Gasteiger partial charge in [-0.15, -0.1) is 0 Å². The van der Waals surface area contributed by atoms with Gasteiger partial charge in [-0.25, -0.2) is 0 Å². The first-order valence-corrected chi connectivity index (χ1v) is 13.3. The van der Waals surface area contributed by atoms with Gasteiger partial charge in [0.2, 0.25) is 0 Å². The standard InChI is InChI=1S/C33H24N8/c1-19-5-11-25(12-6-19)28-20(2)36-39-31(28)40-33(29(21(3)37-40)26-13-7-23(17-34)8-14-26)41-32(39)30(22(4)38-41)27-15-9-24(18-35)10-16-27/h5-16H,1-4H3. The van der Waals surface area contributed by atoms with E-state index in [9.17, 15) is 10.5 Å². The predicted molar refractivity (Wildman–Crippen MR) is 157 cm³/mol. The van der Waals surface area contributed by atoms with Crippen LogP contribution in [-0.2, 0) is 0 Å². The average Bonchev–Trinajstić information content (AvgIpc) is 3.63. The normalized spacial score (nSPS) is 11.4. The maximum absolute atomic E-state index is 9.37. The maximum atomic E-state index is 9.37. The van der Waals surface area contributed by atoms with Crippen LogP contribution in [0.3, 0.4) is 0 Å². The number of aromatic nitrogens is 6. The van der Waals surface area contributed by atoms with Crippen molar-refractivity contribution in [1.82, 2.24) is 28.8 Å². The minimum absolute atomic E-state index is 0.599. The Bertz CT molecular complexity index is 2140. The lowest BCUT2D eigenvalue weighted by molar-refractivity contribution is 0.815. The average molecular weight is 533 g/mol. The molecule has 4 heterocycles. The van der Waals surface area contributed by atoms with Gasteiger partial charge in [0.1, 0.15) is 0 Å². The van der Waals surface area contributed by atoms with Crippen LogP contribution in [0.1, 0.15) is 33.8 Å². The van der Waals surface area contributed by atoms with Crippen molar-refractivity contribution in [3.63, 3.8) is 0 Å². The summed E-state index contributed by atoms with van der Waals surface area (Å²) in [5.74, 6) is 0. The van der Waals surface area contributed by atoms with E-state index in [2.05, 4.69) is 43.3 Å². The zero-order valence-electron chi connectivity index (χ0n) is 23.0. The van der Waals surface area contributed by atoms with Crippen LogP contribution in [0.4, 0.5) is 0 Å². The van der Waals surface area contributed by atoms with Crippen molar-refractivity contribution in [2.75, 3.05) is 0 Å². The zero-order valence-corrected chi connectivity index (χ0v) is 23.0. The number of fused-ring (bicyclic) bond motifs is 6. The molecule has 0 aliphatic rings. The minimum atomic E-state index is 0.599. The molecular formula is C33H24N8. The second kappa shape index (κ2) is 8.90. The number of nitrogens with zero attached hydrogens (tertiary/aromatic N) is 8. The third-order valence-electron chi connectivity index (χ3n) is 7.66. The molecule has 4 aromatic heterocycles. The van der Waals surface area contributed by atoms with E-state index in [0.29, 0.717) is 11.1 Å². The number of aryl methyl sites for hydroxylation is 4. The van der Waals surface area contributed by atoms with Crippen LogP contribution in [-0.4, -0.2) is 28.8 Å². The van der Waals surface area contributed by atoms with E-state index in [4.69, 9.17) is 15.3 Å². The van der Waals surface area contributed by atoms with Crippen molar-refractivity contribution in [3.8, 4) is 45.5 Å². The minimum Gasteiger partial charge on any atom is -0.195 e. The largest absolute Gasteiger partial charge is 0.195 e. The number of benzene rings is 3. The lowest BCUT2D eigenvalue weighted by Crippen LogP contribution is -2.06. The summed E-state index contributed by atoms with van der Waals surface area (Å²) in [5, 5.41) is 33.9. The monoisotopic (exact) mass is 532 g/mol. The van der Waals surface area contributed by atoms with Crippen LogP contribution in [0.25, 0.3) is 50.3 Å². The Morgan fingerprint density at radius 1 is 0.463 bits per heavy atom. The lowest BCUT2D eigenvalue weighted by Gasteiger charge is -2.09. The Labute approximate surface area is 235 Å². The second-order valence-corrected chi connectivity index (χ2v) is 10.3. The van der Waals surface area contributed by atoms with E-state index in [1.165, 1.54) is 5.56 Å². The summed E-state index contributed by atoms with van der Waals surface area (Å²) in [6.45, 7) is 8.08. The van der Waals surface area contributed by atoms with Gasteiger partial charge in [-0.3, -0.25) is 0 Å². The molecule has 7 aromatic rings. The first kappa shape index (κ1) is 24.3. The van der Waals surface area contributed by atoms with Gasteiger partial charge < -0.3 is 0 Å². The number of hydrogen-bond donors (Lipinski definition) is 0. The molecule has 0 bridgehead atoms. The number of rotatable bonds is 3. The Hall–Kier alpha value is -5.73. The quantitative estimate of drug-likeness (QED) is 0.255. The molecule has 0 radical (unpaired) electrons. The molecular weight excluding hydrogens is 508 g/mol. The molecule has 7 rings (SSSR count). The molecule has 3 aromatic carbocycles. The molecule has 41 heavy (non-hydrogen) atoms. The van der Waals surface area contributed by atoms with E-state index in [0.717, 1.165) is 67.4 Å². The smallest absolute Gasteiger partial charge is 0.169 e. The highest BCUT2D eigenvalue weighted by atomic mass is 15.4. The van der Waals surface area contributed by atoms with Crippen LogP contribution in [0.5, 0.6) is 0 Å². The Morgan fingerprint density at radius 3 is 1.05 bits per heavy atom. The number of nitriles is 2. The van der Waals surface area contributed by atoms with Crippen LogP contribution in [0, 0.1) is 50.4 Å². The van der Waals surface area contributed by atoms with E-state index in [1.807, 2.05) is 82.8 Å². The van der Waals surface area contributed by atoms with Gasteiger partial charge in [-0.1, -0.05) is 54.1 Å². The highest BCUT2D eigenvalue weighted by molar-refractivity contribution is 5.92. The molecule has 8 nitrogen and oxygen atoms in total. The fourth-order valence-electron chi connectivity index (χ4n) is 5.73. The summed E-state index contributed by atoms with van der Waals surface area (Å²) < 4.78 is 5.81. The molecule has 0 spiro atoms. The van der Waals surface area contributed by atoms with Gasteiger partial charge in [-0.2, -0.15) is 39.4 Å². The van der Waals surface area contributed by atoms with E-state index in [-0.39, 0.29) is 0 Å². The molecule has 8 heteroatoms. The molecule has 0 atom stereocenters. The van der Waals surface area contributed by atoms with E-state index >= 15 is 0 Å². The summed E-state index contributed by atoms with van der Waals surface area (Å²) in [5.41, 5.74) is 13.2. The van der Waals surface area contributed by atoms with Crippen LogP contribution >= 0.6 is 0 Å². The fraction of sp³-hybridized carbons (Fsp3) is 0.121. The van der Waals surface area contributed by atoms with Crippen molar-refractivity contribution in [1.29, 1.82) is 10.5 Å². The SMILES string of the molecule is Cc1ccc(-c2c(C)nn3c2n2nc(C)c(-c4ccc(C#N)cc4)c2n2nc(C)c(-c4ccc(C#N)cc4)c32)cc1. The molecule has 0 aliphatic carbocycles. The second-order valence-electron chi connectivity index (χ2n) is 10.3. The molecule has 0 saturated heterocycles.